The SMILES string of the molecule is C=C(Cc1ccc(Br)cc1)Sc1ccc(C)cc1. The van der Waals surface area contributed by atoms with Crippen LogP contribution in [-0.2, 0) is 6.42 Å². The summed E-state index contributed by atoms with van der Waals surface area (Å²) in [4.78, 5) is 2.42. The normalized spacial score (nSPS) is 10.3. The van der Waals surface area contributed by atoms with E-state index in [9.17, 15) is 0 Å². The van der Waals surface area contributed by atoms with Gasteiger partial charge in [0.05, 0.1) is 0 Å². The predicted molar refractivity (Wildman–Crippen MR) is 84.0 cm³/mol. The second-order valence-electron chi connectivity index (χ2n) is 4.26. The van der Waals surface area contributed by atoms with Crippen LogP contribution in [0.5, 0.6) is 0 Å². The average Bonchev–Trinajstić information content (AvgIpc) is 2.35. The van der Waals surface area contributed by atoms with Gasteiger partial charge in [-0.2, -0.15) is 0 Å². The fourth-order valence-electron chi connectivity index (χ4n) is 1.64. The van der Waals surface area contributed by atoms with Crippen molar-refractivity contribution in [1.29, 1.82) is 0 Å². The van der Waals surface area contributed by atoms with Crippen LogP contribution in [0.4, 0.5) is 0 Å². The zero-order valence-corrected chi connectivity index (χ0v) is 12.7. The molecule has 0 amide bonds. The summed E-state index contributed by atoms with van der Waals surface area (Å²) >= 11 is 5.19. The lowest BCUT2D eigenvalue weighted by atomic mass is 10.1. The molecule has 0 heterocycles. The van der Waals surface area contributed by atoms with Gasteiger partial charge in [0.2, 0.25) is 0 Å². The second kappa shape index (κ2) is 6.26. The largest absolute Gasteiger partial charge is 0.0948 e. The number of allylic oxidation sites excluding steroid dienone is 1. The zero-order valence-electron chi connectivity index (χ0n) is 10.3. The number of aryl methyl sites for hydroxylation is 1. The molecule has 0 saturated heterocycles. The van der Waals surface area contributed by atoms with Gasteiger partial charge >= 0.3 is 0 Å². The molecule has 0 bridgehead atoms. The van der Waals surface area contributed by atoms with Crippen LogP contribution in [0.1, 0.15) is 11.1 Å². The highest BCUT2D eigenvalue weighted by Crippen LogP contribution is 2.28. The summed E-state index contributed by atoms with van der Waals surface area (Å²) in [6.07, 6.45) is 0.909. The molecular weight excluding hydrogens is 304 g/mol. The van der Waals surface area contributed by atoms with E-state index in [4.69, 9.17) is 0 Å². The maximum Gasteiger partial charge on any atom is 0.0175 e. The number of hydrogen-bond donors (Lipinski definition) is 0. The lowest BCUT2D eigenvalue weighted by Crippen LogP contribution is -1.85. The summed E-state index contributed by atoms with van der Waals surface area (Å²) in [5.74, 6) is 0. The Morgan fingerprint density at radius 3 is 2.28 bits per heavy atom. The fraction of sp³-hybridized carbons (Fsp3) is 0.125. The number of hydrogen-bond acceptors (Lipinski definition) is 1. The smallest absolute Gasteiger partial charge is 0.0175 e. The molecule has 0 atom stereocenters. The van der Waals surface area contributed by atoms with E-state index in [0.717, 1.165) is 10.9 Å². The molecule has 0 N–H and O–H groups in total. The molecule has 0 fully saturated rings. The van der Waals surface area contributed by atoms with E-state index in [0.29, 0.717) is 0 Å². The van der Waals surface area contributed by atoms with Gasteiger partial charge in [0.1, 0.15) is 0 Å². The van der Waals surface area contributed by atoms with E-state index in [1.165, 1.54) is 20.9 Å². The van der Waals surface area contributed by atoms with Crippen molar-refractivity contribution in [2.24, 2.45) is 0 Å². The Kier molecular flexibility index (Phi) is 4.67. The van der Waals surface area contributed by atoms with E-state index < -0.39 is 0 Å². The Bertz CT molecular complexity index is 477. The highest BCUT2D eigenvalue weighted by atomic mass is 79.9. The third-order valence-electron chi connectivity index (χ3n) is 2.60. The summed E-state index contributed by atoms with van der Waals surface area (Å²) < 4.78 is 1.11. The first kappa shape index (κ1) is 13.4. The lowest BCUT2D eigenvalue weighted by molar-refractivity contribution is 1.25. The molecule has 0 saturated carbocycles. The fourth-order valence-corrected chi connectivity index (χ4v) is 2.75. The summed E-state index contributed by atoms with van der Waals surface area (Å²) in [7, 11) is 0. The molecule has 0 spiro atoms. The molecule has 0 nitrogen and oxygen atoms in total. The molecule has 0 aromatic heterocycles. The minimum Gasteiger partial charge on any atom is -0.0948 e. The Morgan fingerprint density at radius 2 is 1.67 bits per heavy atom. The number of rotatable bonds is 4. The quantitative estimate of drug-likeness (QED) is 0.660. The molecule has 0 aliphatic carbocycles. The Morgan fingerprint density at radius 1 is 1.06 bits per heavy atom. The lowest BCUT2D eigenvalue weighted by Gasteiger charge is -2.06. The van der Waals surface area contributed by atoms with Gasteiger partial charge in [-0.3, -0.25) is 0 Å². The number of thioether (sulfide) groups is 1. The first-order chi connectivity index (χ1) is 8.63. The molecule has 92 valence electrons. The van der Waals surface area contributed by atoms with Crippen LogP contribution in [0.25, 0.3) is 0 Å². The van der Waals surface area contributed by atoms with Crippen LogP contribution < -0.4 is 0 Å². The predicted octanol–water partition coefficient (Wildman–Crippen LogP) is 5.61. The van der Waals surface area contributed by atoms with Crippen molar-refractivity contribution in [3.63, 3.8) is 0 Å². The minimum atomic E-state index is 0.909. The van der Waals surface area contributed by atoms with Crippen LogP contribution in [0.3, 0.4) is 0 Å². The highest BCUT2D eigenvalue weighted by molar-refractivity contribution is 9.10. The van der Waals surface area contributed by atoms with Gasteiger partial charge in [0.25, 0.3) is 0 Å². The topological polar surface area (TPSA) is 0 Å². The zero-order chi connectivity index (χ0) is 13.0. The monoisotopic (exact) mass is 318 g/mol. The van der Waals surface area contributed by atoms with Crippen LogP contribution >= 0.6 is 27.7 Å². The average molecular weight is 319 g/mol. The standard InChI is InChI=1S/C16H15BrS/c1-12-3-9-16(10-4-12)18-13(2)11-14-5-7-15(17)8-6-14/h3-10H,2,11H2,1H3. The third-order valence-corrected chi connectivity index (χ3v) is 4.07. The van der Waals surface area contributed by atoms with Gasteiger partial charge in [-0.25, -0.2) is 0 Å². The van der Waals surface area contributed by atoms with E-state index in [1.54, 1.807) is 11.8 Å². The molecule has 0 aliphatic rings. The van der Waals surface area contributed by atoms with Crippen molar-refractivity contribution >= 4 is 27.7 Å². The molecule has 2 aromatic carbocycles. The number of halogens is 1. The highest BCUT2D eigenvalue weighted by Gasteiger charge is 2.00. The minimum absolute atomic E-state index is 0.909. The van der Waals surface area contributed by atoms with Crippen molar-refractivity contribution in [2.75, 3.05) is 0 Å². The molecule has 2 aromatic rings. The molecular formula is C16H15BrS. The van der Waals surface area contributed by atoms with E-state index >= 15 is 0 Å². The summed E-state index contributed by atoms with van der Waals surface area (Å²) in [5, 5.41) is 0. The number of benzene rings is 2. The van der Waals surface area contributed by atoms with Gasteiger partial charge in [-0.05, 0) is 41.7 Å². The van der Waals surface area contributed by atoms with Crippen molar-refractivity contribution in [2.45, 2.75) is 18.2 Å². The molecule has 18 heavy (non-hydrogen) atoms. The van der Waals surface area contributed by atoms with E-state index in [-0.39, 0.29) is 0 Å². The maximum absolute atomic E-state index is 4.14. The first-order valence-corrected chi connectivity index (χ1v) is 7.41. The Labute approximate surface area is 121 Å². The first-order valence-electron chi connectivity index (χ1n) is 5.80. The van der Waals surface area contributed by atoms with E-state index in [1.807, 2.05) is 0 Å². The molecule has 2 rings (SSSR count). The van der Waals surface area contributed by atoms with Crippen LogP contribution in [0.15, 0.2) is 69.4 Å². The summed E-state index contributed by atoms with van der Waals surface area (Å²) in [6, 6.07) is 17.0. The maximum atomic E-state index is 4.14. The summed E-state index contributed by atoms with van der Waals surface area (Å²) in [5.41, 5.74) is 2.58. The van der Waals surface area contributed by atoms with Crippen LogP contribution in [-0.4, -0.2) is 0 Å². The molecule has 0 aliphatic heterocycles. The van der Waals surface area contributed by atoms with Gasteiger partial charge in [-0.1, -0.05) is 64.1 Å². The van der Waals surface area contributed by atoms with Crippen molar-refractivity contribution < 1.29 is 0 Å². The van der Waals surface area contributed by atoms with Crippen LogP contribution in [0, 0.1) is 6.92 Å². The third kappa shape index (κ3) is 4.04. The van der Waals surface area contributed by atoms with Gasteiger partial charge < -0.3 is 0 Å². The van der Waals surface area contributed by atoms with Gasteiger partial charge in [0.15, 0.2) is 0 Å². The van der Waals surface area contributed by atoms with E-state index in [2.05, 4.69) is 78.0 Å². The molecule has 2 heteroatoms. The van der Waals surface area contributed by atoms with Gasteiger partial charge in [0, 0.05) is 15.8 Å². The summed E-state index contributed by atoms with van der Waals surface area (Å²) in [6.45, 7) is 6.24. The Hall–Kier alpha value is -0.990. The molecule has 0 unspecified atom stereocenters. The van der Waals surface area contributed by atoms with Crippen molar-refractivity contribution in [3.8, 4) is 0 Å². The van der Waals surface area contributed by atoms with Gasteiger partial charge in [-0.15, -0.1) is 0 Å². The molecule has 0 radical (unpaired) electrons. The van der Waals surface area contributed by atoms with Crippen molar-refractivity contribution in [3.05, 3.63) is 75.6 Å². The van der Waals surface area contributed by atoms with Crippen LogP contribution in [0.2, 0.25) is 0 Å². The van der Waals surface area contributed by atoms with Crippen molar-refractivity contribution in [1.82, 2.24) is 0 Å². The second-order valence-corrected chi connectivity index (χ2v) is 6.43. The Balaban J connectivity index is 1.96.